The van der Waals surface area contributed by atoms with Gasteiger partial charge in [0, 0.05) is 51.9 Å². The van der Waals surface area contributed by atoms with Crippen LogP contribution in [0.2, 0.25) is 0 Å². The molecule has 0 radical (unpaired) electrons. The average Bonchev–Trinajstić information content (AvgIpc) is 2.67. The molecular formula is C23H37N3O2. The number of carbonyl (C=O) groups is 1. The minimum atomic E-state index is -0.436. The summed E-state index contributed by atoms with van der Waals surface area (Å²) >= 11 is 0. The van der Waals surface area contributed by atoms with E-state index in [0.29, 0.717) is 6.04 Å². The molecule has 3 rings (SSSR count). The maximum atomic E-state index is 12.4. The number of hydrogen-bond donors (Lipinski definition) is 0. The minimum absolute atomic E-state index is 0.189. The van der Waals surface area contributed by atoms with Crippen molar-refractivity contribution >= 4 is 6.09 Å². The van der Waals surface area contributed by atoms with Gasteiger partial charge in [0.15, 0.2) is 0 Å². The molecule has 0 bridgehead atoms. The van der Waals surface area contributed by atoms with Crippen molar-refractivity contribution in [2.24, 2.45) is 0 Å². The van der Waals surface area contributed by atoms with Crippen molar-refractivity contribution in [3.63, 3.8) is 0 Å². The van der Waals surface area contributed by atoms with E-state index in [4.69, 9.17) is 4.74 Å². The lowest BCUT2D eigenvalue weighted by Crippen LogP contribution is -2.53. The molecule has 5 nitrogen and oxygen atoms in total. The van der Waals surface area contributed by atoms with E-state index in [0.717, 1.165) is 45.6 Å². The molecule has 0 spiro atoms. The van der Waals surface area contributed by atoms with Gasteiger partial charge in [-0.25, -0.2) is 4.79 Å². The number of benzene rings is 1. The van der Waals surface area contributed by atoms with Crippen LogP contribution in [0.5, 0.6) is 0 Å². The fourth-order valence-electron chi connectivity index (χ4n) is 4.43. The van der Waals surface area contributed by atoms with Crippen LogP contribution < -0.4 is 0 Å². The Hall–Kier alpha value is -1.59. The molecule has 0 unspecified atom stereocenters. The topological polar surface area (TPSA) is 36.0 Å². The van der Waals surface area contributed by atoms with Crippen molar-refractivity contribution in [1.82, 2.24) is 14.7 Å². The summed E-state index contributed by atoms with van der Waals surface area (Å²) in [5.41, 5.74) is 0.960. The first-order chi connectivity index (χ1) is 13.3. The third kappa shape index (κ3) is 5.95. The van der Waals surface area contributed by atoms with Crippen LogP contribution in [0.3, 0.4) is 0 Å². The van der Waals surface area contributed by atoms with Gasteiger partial charge >= 0.3 is 6.09 Å². The molecule has 2 aliphatic rings. The Balaban J connectivity index is 1.48. The van der Waals surface area contributed by atoms with E-state index in [2.05, 4.69) is 40.1 Å². The van der Waals surface area contributed by atoms with E-state index in [1.165, 1.54) is 18.4 Å². The van der Waals surface area contributed by atoms with Crippen molar-refractivity contribution in [3.8, 4) is 0 Å². The van der Waals surface area contributed by atoms with Crippen molar-refractivity contribution in [1.29, 1.82) is 0 Å². The molecule has 28 heavy (non-hydrogen) atoms. The summed E-state index contributed by atoms with van der Waals surface area (Å²) in [6, 6.07) is 11.6. The molecule has 0 N–H and O–H groups in total. The average molecular weight is 388 g/mol. The quantitative estimate of drug-likeness (QED) is 0.783. The first-order valence-electron chi connectivity index (χ1n) is 10.8. The zero-order valence-corrected chi connectivity index (χ0v) is 18.1. The highest BCUT2D eigenvalue weighted by Crippen LogP contribution is 2.28. The third-order valence-electron chi connectivity index (χ3n) is 6.02. The molecule has 1 aromatic rings. The van der Waals surface area contributed by atoms with Gasteiger partial charge in [0.25, 0.3) is 0 Å². The molecule has 1 aromatic carbocycles. The number of piperazine rings is 1. The lowest BCUT2D eigenvalue weighted by molar-refractivity contribution is 0.00913. The molecule has 156 valence electrons. The van der Waals surface area contributed by atoms with Gasteiger partial charge < -0.3 is 9.64 Å². The van der Waals surface area contributed by atoms with E-state index < -0.39 is 5.60 Å². The summed E-state index contributed by atoms with van der Waals surface area (Å²) in [6.07, 6.45) is 4.39. The van der Waals surface area contributed by atoms with Gasteiger partial charge in [0.2, 0.25) is 0 Å². The van der Waals surface area contributed by atoms with Gasteiger partial charge in [-0.1, -0.05) is 30.3 Å². The Morgan fingerprint density at radius 1 is 1.11 bits per heavy atom. The van der Waals surface area contributed by atoms with E-state index >= 15 is 0 Å². The van der Waals surface area contributed by atoms with Crippen LogP contribution in [0.1, 0.15) is 52.0 Å². The molecule has 5 heteroatoms. The molecule has 1 saturated heterocycles. The van der Waals surface area contributed by atoms with Gasteiger partial charge in [0.05, 0.1) is 0 Å². The normalized spacial score (nSPS) is 24.7. The molecule has 2 fully saturated rings. The maximum Gasteiger partial charge on any atom is 0.410 e. The highest BCUT2D eigenvalue weighted by Gasteiger charge is 2.33. The SMILES string of the molecule is CN(C(=O)OC(C)(C)C)[C@@H]1CCC[C@H](N2CCN(Cc3ccccc3)CC2)C1. The summed E-state index contributed by atoms with van der Waals surface area (Å²) in [5.74, 6) is 0. The number of ether oxygens (including phenoxy) is 1. The summed E-state index contributed by atoms with van der Waals surface area (Å²) < 4.78 is 5.57. The highest BCUT2D eigenvalue weighted by atomic mass is 16.6. The Bertz CT molecular complexity index is 620. The second kappa shape index (κ2) is 9.27. The highest BCUT2D eigenvalue weighted by molar-refractivity contribution is 5.68. The van der Waals surface area contributed by atoms with Crippen LogP contribution in [0.15, 0.2) is 30.3 Å². The largest absolute Gasteiger partial charge is 0.444 e. The zero-order valence-electron chi connectivity index (χ0n) is 18.1. The van der Waals surface area contributed by atoms with E-state index in [9.17, 15) is 4.79 Å². The third-order valence-corrected chi connectivity index (χ3v) is 6.02. The van der Waals surface area contributed by atoms with Gasteiger partial charge in [0.1, 0.15) is 5.60 Å². The predicted octanol–water partition coefficient (Wildman–Crippen LogP) is 3.98. The molecular weight excluding hydrogens is 350 g/mol. The number of carbonyl (C=O) groups excluding carboxylic acids is 1. The Morgan fingerprint density at radius 2 is 1.79 bits per heavy atom. The monoisotopic (exact) mass is 387 g/mol. The number of amides is 1. The van der Waals surface area contributed by atoms with E-state index in [-0.39, 0.29) is 12.1 Å². The fourth-order valence-corrected chi connectivity index (χ4v) is 4.43. The Kier molecular flexibility index (Phi) is 7.00. The van der Waals surface area contributed by atoms with Gasteiger partial charge in [-0.05, 0) is 52.0 Å². The molecule has 1 aliphatic carbocycles. The standard InChI is InChI=1S/C23H37N3O2/c1-23(2,3)28-22(27)24(4)20-11-8-12-21(17-20)26-15-13-25(14-16-26)18-19-9-6-5-7-10-19/h5-7,9-10,20-21H,8,11-18H2,1-4H3/t20-,21+/m1/s1. The van der Waals surface area contributed by atoms with Crippen molar-refractivity contribution < 1.29 is 9.53 Å². The summed E-state index contributed by atoms with van der Waals surface area (Å²) in [7, 11) is 1.90. The number of nitrogens with zero attached hydrogens (tertiary/aromatic N) is 3. The van der Waals surface area contributed by atoms with E-state index in [1.807, 2.05) is 32.7 Å². The number of rotatable bonds is 4. The molecule has 1 saturated carbocycles. The predicted molar refractivity (Wildman–Crippen MR) is 113 cm³/mol. The Labute approximate surface area is 170 Å². The second-order valence-electron chi connectivity index (χ2n) is 9.36. The maximum absolute atomic E-state index is 12.4. The first kappa shape index (κ1) is 21.1. The molecule has 1 heterocycles. The molecule has 2 atom stereocenters. The van der Waals surface area contributed by atoms with E-state index in [1.54, 1.807) is 0 Å². The van der Waals surface area contributed by atoms with Crippen LogP contribution >= 0.6 is 0 Å². The van der Waals surface area contributed by atoms with Crippen LogP contribution in [0.4, 0.5) is 4.79 Å². The first-order valence-corrected chi connectivity index (χ1v) is 10.8. The van der Waals surface area contributed by atoms with Crippen LogP contribution in [-0.4, -0.2) is 71.7 Å². The Morgan fingerprint density at radius 3 is 2.43 bits per heavy atom. The summed E-state index contributed by atoms with van der Waals surface area (Å²) in [5, 5.41) is 0. The van der Waals surface area contributed by atoms with Crippen LogP contribution in [0.25, 0.3) is 0 Å². The minimum Gasteiger partial charge on any atom is -0.444 e. The van der Waals surface area contributed by atoms with Crippen molar-refractivity contribution in [2.45, 2.75) is 70.7 Å². The number of hydrogen-bond acceptors (Lipinski definition) is 4. The van der Waals surface area contributed by atoms with Crippen molar-refractivity contribution in [3.05, 3.63) is 35.9 Å². The fraction of sp³-hybridized carbons (Fsp3) is 0.696. The van der Waals surface area contributed by atoms with Gasteiger partial charge in [-0.2, -0.15) is 0 Å². The zero-order chi connectivity index (χ0) is 20.1. The van der Waals surface area contributed by atoms with Crippen LogP contribution in [-0.2, 0) is 11.3 Å². The molecule has 0 aromatic heterocycles. The smallest absolute Gasteiger partial charge is 0.410 e. The van der Waals surface area contributed by atoms with Gasteiger partial charge in [-0.15, -0.1) is 0 Å². The van der Waals surface area contributed by atoms with Crippen LogP contribution in [0, 0.1) is 0 Å². The second-order valence-corrected chi connectivity index (χ2v) is 9.36. The summed E-state index contributed by atoms with van der Waals surface area (Å²) in [4.78, 5) is 19.5. The molecule has 1 aliphatic heterocycles. The van der Waals surface area contributed by atoms with Gasteiger partial charge in [-0.3, -0.25) is 9.80 Å². The van der Waals surface area contributed by atoms with Crippen molar-refractivity contribution in [2.75, 3.05) is 33.2 Å². The lowest BCUT2D eigenvalue weighted by Gasteiger charge is -2.44. The lowest BCUT2D eigenvalue weighted by atomic mass is 9.89. The molecule has 1 amide bonds. The summed E-state index contributed by atoms with van der Waals surface area (Å²) in [6.45, 7) is 11.3.